The Labute approximate surface area is 142 Å². The minimum Gasteiger partial charge on any atom is -0.360 e. The summed E-state index contributed by atoms with van der Waals surface area (Å²) in [5.41, 5.74) is 3.53. The van der Waals surface area contributed by atoms with E-state index in [0.29, 0.717) is 21.7 Å². The zero-order valence-electron chi connectivity index (χ0n) is 12.5. The summed E-state index contributed by atoms with van der Waals surface area (Å²) in [5.74, 6) is -0.0211. The third-order valence-electron chi connectivity index (χ3n) is 4.01. The van der Waals surface area contributed by atoms with Crippen molar-refractivity contribution in [1.29, 1.82) is 5.26 Å². The summed E-state index contributed by atoms with van der Waals surface area (Å²) in [4.78, 5) is 20.0. The molecule has 116 valence electrons. The van der Waals surface area contributed by atoms with E-state index >= 15 is 0 Å². The fourth-order valence-electron chi connectivity index (χ4n) is 2.83. The quantitative estimate of drug-likeness (QED) is 0.577. The molecule has 0 unspecified atom stereocenters. The van der Waals surface area contributed by atoms with Gasteiger partial charge in [-0.1, -0.05) is 17.7 Å². The van der Waals surface area contributed by atoms with Crippen LogP contribution in [-0.4, -0.2) is 20.3 Å². The lowest BCUT2D eigenvalue weighted by molar-refractivity contribution is 0.0975. The molecule has 6 heteroatoms. The first-order chi connectivity index (χ1) is 11.7. The Morgan fingerprint density at radius 2 is 2.17 bits per heavy atom. The van der Waals surface area contributed by atoms with Crippen LogP contribution in [0.3, 0.4) is 0 Å². The summed E-state index contributed by atoms with van der Waals surface area (Å²) in [6.07, 6.45) is 3.33. The summed E-state index contributed by atoms with van der Waals surface area (Å²) < 4.78 is 1.79. The number of nitriles is 1. The molecule has 0 amide bonds. The Morgan fingerprint density at radius 3 is 3.00 bits per heavy atom. The van der Waals surface area contributed by atoms with Crippen molar-refractivity contribution in [3.05, 3.63) is 65.1 Å². The number of H-pyrrole nitrogens is 1. The number of aromatic amines is 1. The molecule has 2 heterocycles. The minimum absolute atomic E-state index is 0.0211. The van der Waals surface area contributed by atoms with Crippen LogP contribution in [0.2, 0.25) is 5.02 Å². The zero-order valence-corrected chi connectivity index (χ0v) is 13.2. The van der Waals surface area contributed by atoms with Gasteiger partial charge in [0, 0.05) is 27.7 Å². The third kappa shape index (κ3) is 2.34. The van der Waals surface area contributed by atoms with Crippen LogP contribution in [0.25, 0.3) is 21.9 Å². The van der Waals surface area contributed by atoms with Gasteiger partial charge in [0.25, 0.3) is 0 Å². The highest BCUT2D eigenvalue weighted by molar-refractivity contribution is 6.31. The molecule has 0 atom stereocenters. The maximum atomic E-state index is 12.7. The van der Waals surface area contributed by atoms with Gasteiger partial charge < -0.3 is 9.55 Å². The molecule has 2 aromatic heterocycles. The molecular weight excluding hydrogens is 324 g/mol. The number of nitrogens with one attached hydrogen (secondary N) is 1. The highest BCUT2D eigenvalue weighted by atomic mass is 35.5. The third-order valence-corrected chi connectivity index (χ3v) is 4.24. The number of ketones is 1. The van der Waals surface area contributed by atoms with Gasteiger partial charge in [-0.15, -0.1) is 0 Å². The van der Waals surface area contributed by atoms with Crippen molar-refractivity contribution in [2.24, 2.45) is 0 Å². The molecule has 0 aliphatic rings. The molecule has 5 nitrogen and oxygen atoms in total. The van der Waals surface area contributed by atoms with Crippen LogP contribution in [0.15, 0.2) is 48.9 Å². The molecule has 0 fully saturated rings. The number of Topliss-reactive ketones (excluding diaryl/α,β-unsaturated/α-hetero) is 1. The van der Waals surface area contributed by atoms with Crippen molar-refractivity contribution in [2.75, 3.05) is 0 Å². The predicted octanol–water partition coefficient (Wildman–Crippen LogP) is 3.93. The van der Waals surface area contributed by atoms with Crippen molar-refractivity contribution in [3.63, 3.8) is 0 Å². The van der Waals surface area contributed by atoms with Crippen LogP contribution in [0, 0.1) is 11.3 Å². The number of fused-ring (bicyclic) bond motifs is 2. The van der Waals surface area contributed by atoms with E-state index in [4.69, 9.17) is 16.9 Å². The van der Waals surface area contributed by atoms with Crippen LogP contribution in [0.4, 0.5) is 0 Å². The molecule has 24 heavy (non-hydrogen) atoms. The van der Waals surface area contributed by atoms with E-state index in [-0.39, 0.29) is 12.3 Å². The summed E-state index contributed by atoms with van der Waals surface area (Å²) in [6.45, 7) is 0.179. The highest BCUT2D eigenvalue weighted by Crippen LogP contribution is 2.23. The van der Waals surface area contributed by atoms with Crippen molar-refractivity contribution < 1.29 is 4.79 Å². The molecule has 4 aromatic rings. The first-order valence-electron chi connectivity index (χ1n) is 7.30. The second-order valence-corrected chi connectivity index (χ2v) is 5.94. The second-order valence-electron chi connectivity index (χ2n) is 5.50. The van der Waals surface area contributed by atoms with Gasteiger partial charge in [-0.3, -0.25) is 4.79 Å². The Bertz CT molecular complexity index is 1130. The van der Waals surface area contributed by atoms with E-state index in [9.17, 15) is 4.79 Å². The van der Waals surface area contributed by atoms with Crippen LogP contribution in [0.1, 0.15) is 15.9 Å². The number of benzene rings is 2. The van der Waals surface area contributed by atoms with E-state index in [2.05, 4.69) is 16.0 Å². The van der Waals surface area contributed by atoms with Crippen molar-refractivity contribution >= 4 is 39.3 Å². The minimum atomic E-state index is -0.0211. The fourth-order valence-corrected chi connectivity index (χ4v) is 3.00. The number of hydrogen-bond acceptors (Lipinski definition) is 3. The number of carbonyl (C=O) groups excluding carboxylic acids is 1. The van der Waals surface area contributed by atoms with Gasteiger partial charge in [0.1, 0.15) is 0 Å². The van der Waals surface area contributed by atoms with E-state index in [0.717, 1.165) is 16.4 Å². The first kappa shape index (κ1) is 14.5. The van der Waals surface area contributed by atoms with Gasteiger partial charge in [-0.2, -0.15) is 5.26 Å². The molecule has 0 spiro atoms. The van der Waals surface area contributed by atoms with E-state index in [1.165, 1.54) is 0 Å². The fraction of sp³-hybridized carbons (Fsp3) is 0.0556. The Morgan fingerprint density at radius 1 is 1.29 bits per heavy atom. The number of halogens is 1. The second kappa shape index (κ2) is 5.52. The molecule has 2 aromatic carbocycles. The number of aromatic nitrogens is 3. The standard InChI is InChI=1S/C18H11ClN4O/c19-12-2-3-13-14(8-21-15(13)6-12)18(24)9-23-10-22-16-5-11(7-20)1-4-17(16)23/h1-6,8,10,21H,9H2. The molecule has 0 saturated carbocycles. The maximum Gasteiger partial charge on any atom is 0.184 e. The van der Waals surface area contributed by atoms with Crippen LogP contribution < -0.4 is 0 Å². The number of carbonyl (C=O) groups is 1. The van der Waals surface area contributed by atoms with Crippen LogP contribution >= 0.6 is 11.6 Å². The summed E-state index contributed by atoms with van der Waals surface area (Å²) in [6, 6.07) is 12.7. The zero-order chi connectivity index (χ0) is 16.7. The van der Waals surface area contributed by atoms with Crippen LogP contribution in [0.5, 0.6) is 0 Å². The molecule has 0 saturated heterocycles. The van der Waals surface area contributed by atoms with Crippen molar-refractivity contribution in [1.82, 2.24) is 14.5 Å². The molecule has 1 N–H and O–H groups in total. The number of nitrogens with zero attached hydrogens (tertiary/aromatic N) is 3. The normalized spacial score (nSPS) is 11.0. The first-order valence-corrected chi connectivity index (χ1v) is 7.68. The number of rotatable bonds is 3. The SMILES string of the molecule is N#Cc1ccc2c(c1)ncn2CC(=O)c1c[nH]c2cc(Cl)ccc12. The summed E-state index contributed by atoms with van der Waals surface area (Å²) in [5, 5.41) is 10.4. The van der Waals surface area contributed by atoms with E-state index < -0.39 is 0 Å². The largest absolute Gasteiger partial charge is 0.360 e. The van der Waals surface area contributed by atoms with Gasteiger partial charge >= 0.3 is 0 Å². The summed E-state index contributed by atoms with van der Waals surface area (Å²) in [7, 11) is 0. The van der Waals surface area contributed by atoms with Crippen molar-refractivity contribution in [2.45, 2.75) is 6.54 Å². The van der Waals surface area contributed by atoms with Crippen LogP contribution in [-0.2, 0) is 6.54 Å². The topological polar surface area (TPSA) is 74.5 Å². The van der Waals surface area contributed by atoms with Gasteiger partial charge in [0.2, 0.25) is 0 Å². The smallest absolute Gasteiger partial charge is 0.184 e. The summed E-state index contributed by atoms with van der Waals surface area (Å²) >= 11 is 5.97. The molecule has 0 aliphatic carbocycles. The Hall–Kier alpha value is -3.10. The Balaban J connectivity index is 1.70. The maximum absolute atomic E-state index is 12.7. The van der Waals surface area contributed by atoms with Crippen molar-refractivity contribution in [3.8, 4) is 6.07 Å². The van der Waals surface area contributed by atoms with Gasteiger partial charge in [0.15, 0.2) is 5.78 Å². The lowest BCUT2D eigenvalue weighted by Crippen LogP contribution is -2.09. The van der Waals surface area contributed by atoms with Gasteiger partial charge in [0.05, 0.1) is 35.5 Å². The average Bonchev–Trinajstić information content (AvgIpc) is 3.18. The van der Waals surface area contributed by atoms with Gasteiger partial charge in [-0.05, 0) is 30.3 Å². The average molecular weight is 335 g/mol. The van der Waals surface area contributed by atoms with Gasteiger partial charge in [-0.25, -0.2) is 4.98 Å². The molecule has 4 rings (SSSR count). The molecule has 0 bridgehead atoms. The van der Waals surface area contributed by atoms with E-state index in [1.807, 2.05) is 12.1 Å². The highest BCUT2D eigenvalue weighted by Gasteiger charge is 2.14. The molecule has 0 aliphatic heterocycles. The monoisotopic (exact) mass is 334 g/mol. The van der Waals surface area contributed by atoms with E-state index in [1.54, 1.807) is 41.4 Å². The number of hydrogen-bond donors (Lipinski definition) is 1. The lowest BCUT2D eigenvalue weighted by atomic mass is 10.1. The molecular formula is C18H11ClN4O. The Kier molecular flexibility index (Phi) is 3.33. The molecule has 0 radical (unpaired) electrons. The lowest BCUT2D eigenvalue weighted by Gasteiger charge is -2.03. The predicted molar refractivity (Wildman–Crippen MR) is 92.1 cm³/mol. The number of imidazole rings is 1.